The Labute approximate surface area is 193 Å². The average molecular weight is 472 g/mol. The minimum absolute atomic E-state index is 0.0334. The molecular weight excluding hydrogens is 452 g/mol. The van der Waals surface area contributed by atoms with E-state index in [0.29, 0.717) is 22.6 Å². The molecule has 10 nitrogen and oxygen atoms in total. The Hall–Kier alpha value is -3.86. The van der Waals surface area contributed by atoms with Crippen molar-refractivity contribution in [3.05, 3.63) is 68.6 Å². The number of benzene rings is 2. The van der Waals surface area contributed by atoms with Gasteiger partial charge in [-0.3, -0.25) is 24.6 Å². The number of nitrogens with zero attached hydrogens (tertiary/aromatic N) is 2. The van der Waals surface area contributed by atoms with Gasteiger partial charge in [-0.05, 0) is 48.0 Å². The minimum atomic E-state index is -1.03. The fourth-order valence-corrected chi connectivity index (χ4v) is 3.96. The van der Waals surface area contributed by atoms with Gasteiger partial charge in [-0.15, -0.1) is 0 Å². The number of rotatable bonds is 8. The molecule has 2 aromatic carbocycles. The number of amides is 2. The Bertz CT molecular complexity index is 1150. The number of non-ortho nitro benzene ring substituents is 1. The summed E-state index contributed by atoms with van der Waals surface area (Å²) < 4.78 is 15.7. The predicted molar refractivity (Wildman–Crippen MR) is 120 cm³/mol. The van der Waals surface area contributed by atoms with Crippen LogP contribution in [-0.4, -0.2) is 47.2 Å². The van der Waals surface area contributed by atoms with Crippen molar-refractivity contribution in [3.63, 3.8) is 0 Å². The molecule has 3 rings (SSSR count). The molecule has 1 heterocycles. The van der Waals surface area contributed by atoms with Crippen LogP contribution in [0, 0.1) is 10.1 Å². The zero-order chi connectivity index (χ0) is 24.1. The maximum absolute atomic E-state index is 12.6. The van der Waals surface area contributed by atoms with Crippen molar-refractivity contribution in [2.45, 2.75) is 19.6 Å². The maximum Gasteiger partial charge on any atom is 0.328 e. The van der Waals surface area contributed by atoms with E-state index < -0.39 is 28.1 Å². The molecule has 1 fully saturated rings. The van der Waals surface area contributed by atoms with E-state index in [1.807, 2.05) is 0 Å². The van der Waals surface area contributed by atoms with Gasteiger partial charge in [0.05, 0.1) is 24.0 Å². The molecule has 2 amide bonds. The van der Waals surface area contributed by atoms with Crippen LogP contribution >= 0.6 is 11.8 Å². The molecule has 0 saturated carbocycles. The summed E-state index contributed by atoms with van der Waals surface area (Å²) in [6.07, 6.45) is 1.52. The maximum atomic E-state index is 12.6. The van der Waals surface area contributed by atoms with Gasteiger partial charge >= 0.3 is 5.97 Å². The lowest BCUT2D eigenvalue weighted by molar-refractivity contribution is -0.384. The number of thioether (sulfide) groups is 1. The molecule has 1 aliphatic heterocycles. The number of hydrogen-bond donors (Lipinski definition) is 0. The fraction of sp³-hybridized carbons (Fsp3) is 0.227. The molecule has 0 unspecified atom stereocenters. The Morgan fingerprint density at radius 2 is 1.94 bits per heavy atom. The molecule has 2 aromatic rings. The molecule has 1 saturated heterocycles. The average Bonchev–Trinajstić information content (AvgIpc) is 3.09. The van der Waals surface area contributed by atoms with E-state index >= 15 is 0 Å². The van der Waals surface area contributed by atoms with Crippen LogP contribution in [0.15, 0.2) is 47.4 Å². The smallest absolute Gasteiger partial charge is 0.328 e. The predicted octanol–water partition coefficient (Wildman–Crippen LogP) is 3.78. The number of carbonyl (C=O) groups excluding carboxylic acids is 3. The zero-order valence-electron chi connectivity index (χ0n) is 18.0. The second-order valence-corrected chi connectivity index (χ2v) is 7.87. The van der Waals surface area contributed by atoms with Crippen LogP contribution in [0.1, 0.15) is 18.1 Å². The summed E-state index contributed by atoms with van der Waals surface area (Å²) in [7, 11) is 2.63. The number of esters is 1. The topological polar surface area (TPSA) is 125 Å². The van der Waals surface area contributed by atoms with Crippen molar-refractivity contribution in [3.8, 4) is 11.5 Å². The first-order valence-electron chi connectivity index (χ1n) is 9.64. The van der Waals surface area contributed by atoms with Crippen molar-refractivity contribution < 1.29 is 33.5 Å². The summed E-state index contributed by atoms with van der Waals surface area (Å²) in [6.45, 7) is 1.50. The van der Waals surface area contributed by atoms with E-state index in [4.69, 9.17) is 9.47 Å². The highest BCUT2D eigenvalue weighted by Gasteiger charge is 2.41. The van der Waals surface area contributed by atoms with Crippen LogP contribution in [0.25, 0.3) is 6.08 Å². The Morgan fingerprint density at radius 3 is 2.61 bits per heavy atom. The highest BCUT2D eigenvalue weighted by molar-refractivity contribution is 8.18. The summed E-state index contributed by atoms with van der Waals surface area (Å²) in [4.78, 5) is 48.1. The summed E-state index contributed by atoms with van der Waals surface area (Å²) in [5.41, 5.74) is 1.16. The lowest BCUT2D eigenvalue weighted by Crippen LogP contribution is -2.42. The van der Waals surface area contributed by atoms with Crippen molar-refractivity contribution in [1.29, 1.82) is 0 Å². The Morgan fingerprint density at radius 1 is 1.18 bits per heavy atom. The molecule has 0 aliphatic carbocycles. The van der Waals surface area contributed by atoms with Gasteiger partial charge in [0.25, 0.3) is 16.8 Å². The second-order valence-electron chi connectivity index (χ2n) is 6.88. The third-order valence-corrected chi connectivity index (χ3v) is 5.64. The van der Waals surface area contributed by atoms with Crippen LogP contribution < -0.4 is 9.47 Å². The van der Waals surface area contributed by atoms with Gasteiger partial charge < -0.3 is 14.2 Å². The largest absolute Gasteiger partial charge is 0.493 e. The monoisotopic (exact) mass is 472 g/mol. The first-order chi connectivity index (χ1) is 15.7. The molecule has 11 heteroatoms. The number of methoxy groups -OCH3 is 2. The zero-order valence-corrected chi connectivity index (χ0v) is 18.8. The molecule has 33 heavy (non-hydrogen) atoms. The lowest BCUT2D eigenvalue weighted by atomic mass is 10.1. The van der Waals surface area contributed by atoms with E-state index in [9.17, 15) is 24.5 Å². The first-order valence-corrected chi connectivity index (χ1v) is 10.5. The highest BCUT2D eigenvalue weighted by atomic mass is 32.2. The Kier molecular flexibility index (Phi) is 7.34. The van der Waals surface area contributed by atoms with Crippen LogP contribution in [-0.2, 0) is 20.9 Å². The number of ether oxygens (including phenoxy) is 3. The second kappa shape index (κ2) is 10.2. The number of nitro benzene ring substituents is 1. The minimum Gasteiger partial charge on any atom is -0.493 e. The van der Waals surface area contributed by atoms with Gasteiger partial charge in [0.15, 0.2) is 11.5 Å². The molecular formula is C22H20N2O8S. The number of imide groups is 1. The lowest BCUT2D eigenvalue weighted by Gasteiger charge is -2.18. The van der Waals surface area contributed by atoms with Gasteiger partial charge in [0.2, 0.25) is 0 Å². The number of hydrogen-bond acceptors (Lipinski definition) is 9. The van der Waals surface area contributed by atoms with E-state index in [0.717, 1.165) is 16.7 Å². The van der Waals surface area contributed by atoms with Gasteiger partial charge in [0, 0.05) is 12.1 Å². The molecule has 0 spiro atoms. The van der Waals surface area contributed by atoms with Gasteiger partial charge in [-0.25, -0.2) is 4.79 Å². The van der Waals surface area contributed by atoms with E-state index in [-0.39, 0.29) is 17.2 Å². The highest BCUT2D eigenvalue weighted by Crippen LogP contribution is 2.36. The standard InChI is InChI=1S/C22H20N2O8S/c1-13(21(26)31-3)23-20(25)19(33-22(23)27)11-14-7-8-17(18(10-14)30-2)32-12-15-5-4-6-16(9-15)24(28)29/h4-11,13H,12H2,1-3H3/b19-11-/t13-/m1/s1. The molecule has 0 radical (unpaired) electrons. The molecule has 172 valence electrons. The van der Waals surface area contributed by atoms with E-state index in [1.54, 1.807) is 30.3 Å². The van der Waals surface area contributed by atoms with E-state index in [2.05, 4.69) is 4.74 Å². The summed E-state index contributed by atoms with van der Waals surface area (Å²) >= 11 is 0.725. The molecule has 0 aromatic heterocycles. The van der Waals surface area contributed by atoms with Crippen LogP contribution in [0.4, 0.5) is 10.5 Å². The van der Waals surface area contributed by atoms with Crippen molar-refractivity contribution in [2.24, 2.45) is 0 Å². The van der Waals surface area contributed by atoms with Crippen LogP contribution in [0.2, 0.25) is 0 Å². The van der Waals surface area contributed by atoms with Crippen molar-refractivity contribution in [1.82, 2.24) is 4.90 Å². The SMILES string of the molecule is COC(=O)[C@@H](C)N1C(=O)S/C(=C\c2ccc(OCc3cccc([N+](=O)[O-])c3)c(OC)c2)C1=O. The van der Waals surface area contributed by atoms with Gasteiger partial charge in [0.1, 0.15) is 12.6 Å². The summed E-state index contributed by atoms with van der Waals surface area (Å²) in [5, 5.41) is 10.4. The quantitative estimate of drug-likeness (QED) is 0.244. The molecule has 1 aliphatic rings. The first kappa shape index (κ1) is 23.8. The van der Waals surface area contributed by atoms with E-state index in [1.165, 1.54) is 39.4 Å². The third kappa shape index (κ3) is 5.32. The van der Waals surface area contributed by atoms with Crippen molar-refractivity contribution in [2.75, 3.05) is 14.2 Å². The fourth-order valence-electron chi connectivity index (χ4n) is 3.06. The number of nitro groups is 1. The number of carbonyl (C=O) groups is 3. The van der Waals surface area contributed by atoms with Crippen LogP contribution in [0.3, 0.4) is 0 Å². The normalized spacial score (nSPS) is 15.5. The van der Waals surface area contributed by atoms with Crippen molar-refractivity contribution >= 4 is 40.6 Å². The third-order valence-electron chi connectivity index (χ3n) is 4.75. The molecule has 1 atom stereocenters. The summed E-state index contributed by atoms with van der Waals surface area (Å²) in [6, 6.07) is 9.99. The van der Waals surface area contributed by atoms with Gasteiger partial charge in [-0.2, -0.15) is 0 Å². The summed E-state index contributed by atoms with van der Waals surface area (Å²) in [5.74, 6) is -0.511. The van der Waals surface area contributed by atoms with Crippen LogP contribution in [0.5, 0.6) is 11.5 Å². The van der Waals surface area contributed by atoms with Gasteiger partial charge in [-0.1, -0.05) is 18.2 Å². The molecule has 0 N–H and O–H groups in total. The Balaban J connectivity index is 1.77. The molecule has 0 bridgehead atoms.